The van der Waals surface area contributed by atoms with Gasteiger partial charge in [0.05, 0.1) is 11.1 Å². The summed E-state index contributed by atoms with van der Waals surface area (Å²) in [5, 5.41) is 4.07. The molecule has 1 aromatic carbocycles. The van der Waals surface area contributed by atoms with Crippen LogP contribution in [0.15, 0.2) is 30.3 Å². The third-order valence-corrected chi connectivity index (χ3v) is 6.66. The number of sulfonamides is 1. The minimum atomic E-state index is -3.09. The van der Waals surface area contributed by atoms with E-state index in [1.807, 2.05) is 30.3 Å². The fraction of sp³-hybridized carbons (Fsp3) is 0.438. The van der Waals surface area contributed by atoms with Crippen molar-refractivity contribution in [1.29, 1.82) is 0 Å². The van der Waals surface area contributed by atoms with Crippen LogP contribution in [-0.2, 0) is 10.0 Å². The number of carbonyl (C=O) groups is 1. The van der Waals surface area contributed by atoms with Crippen molar-refractivity contribution in [2.24, 2.45) is 5.92 Å². The van der Waals surface area contributed by atoms with E-state index in [1.165, 1.54) is 21.9 Å². The van der Waals surface area contributed by atoms with Crippen molar-refractivity contribution in [3.05, 3.63) is 35.2 Å². The van der Waals surface area contributed by atoms with Crippen LogP contribution in [-0.4, -0.2) is 44.5 Å². The number of fused-ring (bicyclic) bond motifs is 1. The van der Waals surface area contributed by atoms with E-state index in [2.05, 4.69) is 5.32 Å². The summed E-state index contributed by atoms with van der Waals surface area (Å²) in [5.41, 5.74) is 0. The van der Waals surface area contributed by atoms with Crippen molar-refractivity contribution in [2.45, 2.75) is 12.8 Å². The van der Waals surface area contributed by atoms with Crippen LogP contribution in [0, 0.1) is 5.92 Å². The molecule has 0 bridgehead atoms. The topological polar surface area (TPSA) is 66.5 Å². The van der Waals surface area contributed by atoms with Crippen LogP contribution in [0.1, 0.15) is 22.5 Å². The zero-order valence-electron chi connectivity index (χ0n) is 13.0. The largest absolute Gasteiger partial charge is 0.351 e. The minimum absolute atomic E-state index is 0.0447. The molecule has 1 amide bonds. The van der Waals surface area contributed by atoms with Crippen molar-refractivity contribution >= 4 is 37.4 Å². The number of amides is 1. The molecule has 5 nitrogen and oxygen atoms in total. The molecule has 0 atom stereocenters. The summed E-state index contributed by atoms with van der Waals surface area (Å²) in [6.45, 7) is 1.69. The number of nitrogens with one attached hydrogen (secondary N) is 1. The number of rotatable bonds is 4. The molecule has 124 valence electrons. The molecule has 1 aliphatic rings. The van der Waals surface area contributed by atoms with Gasteiger partial charge in [0.15, 0.2) is 0 Å². The first-order valence-corrected chi connectivity index (χ1v) is 10.3. The highest BCUT2D eigenvalue weighted by Gasteiger charge is 2.25. The van der Waals surface area contributed by atoms with E-state index in [-0.39, 0.29) is 5.91 Å². The quantitative estimate of drug-likeness (QED) is 0.918. The monoisotopic (exact) mass is 352 g/mol. The second kappa shape index (κ2) is 6.59. The molecule has 3 rings (SSSR count). The lowest BCUT2D eigenvalue weighted by molar-refractivity contribution is 0.0945. The third kappa shape index (κ3) is 3.91. The van der Waals surface area contributed by atoms with E-state index in [1.54, 1.807) is 0 Å². The Morgan fingerprint density at radius 3 is 2.65 bits per heavy atom. The summed E-state index contributed by atoms with van der Waals surface area (Å²) < 4.78 is 25.6. The van der Waals surface area contributed by atoms with Crippen molar-refractivity contribution in [3.63, 3.8) is 0 Å². The molecule has 1 saturated heterocycles. The van der Waals surface area contributed by atoms with Gasteiger partial charge in [0.1, 0.15) is 0 Å². The van der Waals surface area contributed by atoms with Gasteiger partial charge < -0.3 is 5.32 Å². The van der Waals surface area contributed by atoms with E-state index in [0.29, 0.717) is 25.6 Å². The number of piperidine rings is 1. The van der Waals surface area contributed by atoms with Gasteiger partial charge in [0.2, 0.25) is 10.0 Å². The molecule has 0 unspecified atom stereocenters. The molecule has 0 spiro atoms. The number of nitrogens with zero attached hydrogens (tertiary/aromatic N) is 1. The van der Waals surface area contributed by atoms with Gasteiger partial charge in [-0.3, -0.25) is 4.79 Å². The maximum atomic E-state index is 12.3. The predicted octanol–water partition coefficient (Wildman–Crippen LogP) is 2.30. The minimum Gasteiger partial charge on any atom is -0.351 e. The Hall–Kier alpha value is -1.44. The Bertz CT molecular complexity index is 773. The number of hydrogen-bond donors (Lipinski definition) is 1. The number of benzene rings is 1. The standard InChI is InChI=1S/C16H20N2O3S2/c1-23(20,21)18-8-6-12(7-9-18)11-17-16(19)15-10-13-4-2-3-5-14(13)22-15/h2-5,10,12H,6-9,11H2,1H3,(H,17,19). The summed E-state index contributed by atoms with van der Waals surface area (Å²) in [5.74, 6) is 0.295. The van der Waals surface area contributed by atoms with Gasteiger partial charge >= 0.3 is 0 Å². The molecule has 0 aliphatic carbocycles. The molecule has 2 aromatic rings. The highest BCUT2D eigenvalue weighted by atomic mass is 32.2. The van der Waals surface area contributed by atoms with Crippen molar-refractivity contribution in [3.8, 4) is 0 Å². The molecule has 1 aliphatic heterocycles. The maximum Gasteiger partial charge on any atom is 0.261 e. The Morgan fingerprint density at radius 1 is 1.30 bits per heavy atom. The molecular weight excluding hydrogens is 332 g/mol. The van der Waals surface area contributed by atoms with Gasteiger partial charge in [-0.05, 0) is 36.3 Å². The summed E-state index contributed by atoms with van der Waals surface area (Å²) in [7, 11) is -3.09. The highest BCUT2D eigenvalue weighted by Crippen LogP contribution is 2.25. The van der Waals surface area contributed by atoms with Crippen LogP contribution in [0.3, 0.4) is 0 Å². The van der Waals surface area contributed by atoms with Crippen molar-refractivity contribution in [1.82, 2.24) is 9.62 Å². The lowest BCUT2D eigenvalue weighted by Gasteiger charge is -2.30. The lowest BCUT2D eigenvalue weighted by atomic mass is 9.98. The smallest absolute Gasteiger partial charge is 0.261 e. The first-order chi connectivity index (χ1) is 10.9. The zero-order valence-corrected chi connectivity index (χ0v) is 14.6. The van der Waals surface area contributed by atoms with E-state index < -0.39 is 10.0 Å². The first-order valence-electron chi connectivity index (χ1n) is 7.65. The molecular formula is C16H20N2O3S2. The Morgan fingerprint density at radius 2 is 2.00 bits per heavy atom. The molecule has 23 heavy (non-hydrogen) atoms. The van der Waals surface area contributed by atoms with E-state index in [4.69, 9.17) is 0 Å². The van der Waals surface area contributed by atoms with Gasteiger partial charge in [-0.2, -0.15) is 0 Å². The second-order valence-corrected chi connectivity index (χ2v) is 9.03. The van der Waals surface area contributed by atoms with Crippen LogP contribution in [0.25, 0.3) is 10.1 Å². The van der Waals surface area contributed by atoms with Crippen molar-refractivity contribution < 1.29 is 13.2 Å². The third-order valence-electron chi connectivity index (χ3n) is 4.24. The predicted molar refractivity (Wildman–Crippen MR) is 93.3 cm³/mol. The maximum absolute atomic E-state index is 12.3. The summed E-state index contributed by atoms with van der Waals surface area (Å²) in [6, 6.07) is 9.87. The number of carbonyl (C=O) groups excluding carboxylic acids is 1. The van der Waals surface area contributed by atoms with Crippen molar-refractivity contribution in [2.75, 3.05) is 25.9 Å². The fourth-order valence-corrected chi connectivity index (χ4v) is 4.72. The Labute approximate surface area is 140 Å². The van der Waals surface area contributed by atoms with E-state index in [9.17, 15) is 13.2 Å². The molecule has 1 fully saturated rings. The molecule has 0 saturated carbocycles. The highest BCUT2D eigenvalue weighted by molar-refractivity contribution is 7.88. The van der Waals surface area contributed by atoms with Gasteiger partial charge in [-0.15, -0.1) is 11.3 Å². The van der Waals surface area contributed by atoms with Crippen LogP contribution in [0.5, 0.6) is 0 Å². The average molecular weight is 352 g/mol. The van der Waals surface area contributed by atoms with Gasteiger partial charge in [-0.25, -0.2) is 12.7 Å². The summed E-state index contributed by atoms with van der Waals surface area (Å²) in [4.78, 5) is 13.0. The normalized spacial score (nSPS) is 17.4. The SMILES string of the molecule is CS(=O)(=O)N1CCC(CNC(=O)c2cc3ccccc3s2)CC1. The molecule has 2 heterocycles. The zero-order chi connectivity index (χ0) is 16.4. The Balaban J connectivity index is 1.54. The summed E-state index contributed by atoms with van der Waals surface area (Å²) in [6.07, 6.45) is 2.83. The van der Waals surface area contributed by atoms with Gasteiger partial charge in [0.25, 0.3) is 5.91 Å². The Kier molecular flexibility index (Phi) is 4.70. The van der Waals surface area contributed by atoms with Gasteiger partial charge in [0, 0.05) is 24.3 Å². The second-order valence-electron chi connectivity index (χ2n) is 5.96. The van der Waals surface area contributed by atoms with E-state index >= 15 is 0 Å². The number of thiophene rings is 1. The molecule has 7 heteroatoms. The van der Waals surface area contributed by atoms with Gasteiger partial charge in [-0.1, -0.05) is 18.2 Å². The van der Waals surface area contributed by atoms with Crippen LogP contribution >= 0.6 is 11.3 Å². The first kappa shape index (κ1) is 16.4. The van der Waals surface area contributed by atoms with Crippen LogP contribution < -0.4 is 5.32 Å². The molecule has 1 N–H and O–H groups in total. The van der Waals surface area contributed by atoms with Crippen LogP contribution in [0.2, 0.25) is 0 Å². The molecule has 1 aromatic heterocycles. The fourth-order valence-electron chi connectivity index (χ4n) is 2.86. The van der Waals surface area contributed by atoms with Crippen LogP contribution in [0.4, 0.5) is 0 Å². The molecule has 0 radical (unpaired) electrons. The van der Waals surface area contributed by atoms with E-state index in [0.717, 1.165) is 27.8 Å². The summed E-state index contributed by atoms with van der Waals surface area (Å²) >= 11 is 1.50. The number of hydrogen-bond acceptors (Lipinski definition) is 4. The average Bonchev–Trinajstić information content (AvgIpc) is 2.96. The lowest BCUT2D eigenvalue weighted by Crippen LogP contribution is -2.41.